The molecule has 2 aromatic heterocycles. The number of nitrogen functional groups attached to an aromatic ring is 1. The van der Waals surface area contributed by atoms with Crippen LogP contribution in [0.1, 0.15) is 0 Å². The zero-order valence-corrected chi connectivity index (χ0v) is 13.9. The second kappa shape index (κ2) is 6.07. The first kappa shape index (κ1) is 15.4. The highest BCUT2D eigenvalue weighted by Gasteiger charge is 2.23. The van der Waals surface area contributed by atoms with Crippen LogP contribution < -0.4 is 5.73 Å². The third kappa shape index (κ3) is 2.47. The quantitative estimate of drug-likeness (QED) is 0.601. The fraction of sp³-hybridized carbons (Fsp3) is 0.158. The van der Waals surface area contributed by atoms with Gasteiger partial charge in [-0.3, -0.25) is 0 Å². The average Bonchev–Trinajstić information content (AvgIpc) is 3.14. The standard InChI is InChI=1S/C19H19N5O/c1-23-15-10-6-5-9-14(15)21-19(23)16-17(13-7-3-2-4-8-13)22-24(11-12-25)18(16)20/h2-10,25H,11-12,20H2,1H3. The predicted molar refractivity (Wildman–Crippen MR) is 98.9 cm³/mol. The monoisotopic (exact) mass is 333 g/mol. The van der Waals surface area contributed by atoms with Gasteiger partial charge in [-0.2, -0.15) is 5.10 Å². The number of aliphatic hydroxyl groups excluding tert-OH is 1. The third-order valence-corrected chi connectivity index (χ3v) is 4.36. The Morgan fingerprint density at radius 3 is 2.48 bits per heavy atom. The zero-order chi connectivity index (χ0) is 17.4. The van der Waals surface area contributed by atoms with E-state index < -0.39 is 0 Å². The molecular weight excluding hydrogens is 314 g/mol. The number of nitrogens with zero attached hydrogens (tertiary/aromatic N) is 4. The van der Waals surface area contributed by atoms with Gasteiger partial charge in [-0.25, -0.2) is 9.67 Å². The van der Waals surface area contributed by atoms with Crippen LogP contribution in [-0.4, -0.2) is 31.0 Å². The van der Waals surface area contributed by atoms with Crippen LogP contribution in [0, 0.1) is 0 Å². The summed E-state index contributed by atoms with van der Waals surface area (Å²) in [6.07, 6.45) is 0. The zero-order valence-electron chi connectivity index (χ0n) is 13.9. The van der Waals surface area contributed by atoms with Crippen molar-refractivity contribution in [2.75, 3.05) is 12.3 Å². The van der Waals surface area contributed by atoms with Crippen molar-refractivity contribution >= 4 is 16.9 Å². The fourth-order valence-corrected chi connectivity index (χ4v) is 3.13. The maximum Gasteiger partial charge on any atom is 0.146 e. The predicted octanol–water partition coefficient (Wildman–Crippen LogP) is 2.68. The van der Waals surface area contributed by atoms with Crippen LogP contribution >= 0.6 is 0 Å². The van der Waals surface area contributed by atoms with Crippen molar-refractivity contribution in [3.63, 3.8) is 0 Å². The Hall–Kier alpha value is -3.12. The summed E-state index contributed by atoms with van der Waals surface area (Å²) in [6.45, 7) is 0.317. The number of aromatic nitrogens is 4. The number of hydrogen-bond acceptors (Lipinski definition) is 4. The molecule has 0 aliphatic heterocycles. The van der Waals surface area contributed by atoms with E-state index in [9.17, 15) is 5.11 Å². The molecule has 3 N–H and O–H groups in total. The number of rotatable bonds is 4. The molecule has 2 aromatic carbocycles. The molecule has 25 heavy (non-hydrogen) atoms. The van der Waals surface area contributed by atoms with Crippen molar-refractivity contribution in [3.8, 4) is 22.6 Å². The van der Waals surface area contributed by atoms with Gasteiger partial charge in [0.2, 0.25) is 0 Å². The van der Waals surface area contributed by atoms with Crippen molar-refractivity contribution in [2.24, 2.45) is 7.05 Å². The van der Waals surface area contributed by atoms with Gasteiger partial charge in [0.05, 0.1) is 29.7 Å². The molecular formula is C19H19N5O. The Balaban J connectivity index is 2.00. The molecule has 0 aliphatic rings. The number of fused-ring (bicyclic) bond motifs is 1. The molecule has 0 bridgehead atoms. The van der Waals surface area contributed by atoms with Gasteiger partial charge >= 0.3 is 0 Å². The SMILES string of the molecule is Cn1c(-c2c(-c3ccccc3)nn(CCO)c2N)nc2ccccc21. The summed E-state index contributed by atoms with van der Waals surface area (Å²) in [5.41, 5.74) is 10.9. The lowest BCUT2D eigenvalue weighted by atomic mass is 10.1. The highest BCUT2D eigenvalue weighted by Crippen LogP contribution is 2.36. The second-order valence-electron chi connectivity index (χ2n) is 5.90. The second-order valence-corrected chi connectivity index (χ2v) is 5.90. The van der Waals surface area contributed by atoms with Gasteiger partial charge in [0.15, 0.2) is 0 Å². The molecule has 6 nitrogen and oxygen atoms in total. The normalized spacial score (nSPS) is 11.3. The Bertz CT molecular complexity index is 1030. The van der Waals surface area contributed by atoms with E-state index in [1.165, 1.54) is 0 Å². The van der Waals surface area contributed by atoms with E-state index in [0.717, 1.165) is 33.7 Å². The van der Waals surface area contributed by atoms with Crippen molar-refractivity contribution in [3.05, 3.63) is 54.6 Å². The van der Waals surface area contributed by atoms with Gasteiger partial charge in [0.25, 0.3) is 0 Å². The summed E-state index contributed by atoms with van der Waals surface area (Å²) in [6, 6.07) is 17.9. The van der Waals surface area contributed by atoms with E-state index in [4.69, 9.17) is 10.7 Å². The lowest BCUT2D eigenvalue weighted by Crippen LogP contribution is -2.08. The van der Waals surface area contributed by atoms with Crippen LogP contribution in [0.4, 0.5) is 5.82 Å². The molecule has 6 heteroatoms. The molecule has 0 radical (unpaired) electrons. The number of hydrogen-bond donors (Lipinski definition) is 2. The molecule has 0 saturated heterocycles. The van der Waals surface area contributed by atoms with Crippen molar-refractivity contribution in [1.29, 1.82) is 0 Å². The van der Waals surface area contributed by atoms with Crippen LogP contribution in [0.5, 0.6) is 0 Å². The molecule has 0 fully saturated rings. The Labute approximate surface area is 145 Å². The molecule has 0 unspecified atom stereocenters. The van der Waals surface area contributed by atoms with Gasteiger partial charge in [0, 0.05) is 12.6 Å². The van der Waals surface area contributed by atoms with Crippen LogP contribution in [0.25, 0.3) is 33.7 Å². The van der Waals surface area contributed by atoms with Crippen molar-refractivity contribution < 1.29 is 5.11 Å². The maximum atomic E-state index is 9.32. The van der Waals surface area contributed by atoms with Crippen molar-refractivity contribution in [2.45, 2.75) is 6.54 Å². The number of para-hydroxylation sites is 2. The Morgan fingerprint density at radius 2 is 1.76 bits per heavy atom. The first-order valence-corrected chi connectivity index (χ1v) is 8.15. The Morgan fingerprint density at radius 1 is 1.04 bits per heavy atom. The molecule has 4 aromatic rings. The molecule has 0 aliphatic carbocycles. The minimum atomic E-state index is -0.0257. The lowest BCUT2D eigenvalue weighted by Gasteiger charge is -2.05. The molecule has 0 atom stereocenters. The van der Waals surface area contributed by atoms with Gasteiger partial charge in [-0.05, 0) is 12.1 Å². The van der Waals surface area contributed by atoms with Gasteiger partial charge in [0.1, 0.15) is 17.3 Å². The van der Waals surface area contributed by atoms with Crippen LogP contribution in [0.3, 0.4) is 0 Å². The van der Waals surface area contributed by atoms with Crippen molar-refractivity contribution in [1.82, 2.24) is 19.3 Å². The lowest BCUT2D eigenvalue weighted by molar-refractivity contribution is 0.270. The molecule has 4 rings (SSSR count). The first-order valence-electron chi connectivity index (χ1n) is 8.15. The topological polar surface area (TPSA) is 81.9 Å². The molecule has 0 saturated carbocycles. The van der Waals surface area contributed by atoms with Crippen LogP contribution in [-0.2, 0) is 13.6 Å². The molecule has 126 valence electrons. The van der Waals surface area contributed by atoms with E-state index in [2.05, 4.69) is 5.10 Å². The minimum Gasteiger partial charge on any atom is -0.394 e. The number of aryl methyl sites for hydroxylation is 1. The third-order valence-electron chi connectivity index (χ3n) is 4.36. The highest BCUT2D eigenvalue weighted by molar-refractivity contribution is 5.89. The maximum absolute atomic E-state index is 9.32. The van der Waals surface area contributed by atoms with E-state index in [1.807, 2.05) is 66.2 Å². The van der Waals surface area contributed by atoms with Crippen LogP contribution in [0.15, 0.2) is 54.6 Å². The van der Waals surface area contributed by atoms with Gasteiger partial charge in [-0.1, -0.05) is 42.5 Å². The van der Waals surface area contributed by atoms with Crippen LogP contribution in [0.2, 0.25) is 0 Å². The Kier molecular flexibility index (Phi) is 3.74. The number of anilines is 1. The van der Waals surface area contributed by atoms with Gasteiger partial charge < -0.3 is 15.4 Å². The average molecular weight is 333 g/mol. The molecule has 2 heterocycles. The minimum absolute atomic E-state index is 0.0257. The summed E-state index contributed by atoms with van der Waals surface area (Å²) in [5, 5.41) is 14.0. The van der Waals surface area contributed by atoms with Gasteiger partial charge in [-0.15, -0.1) is 0 Å². The summed E-state index contributed by atoms with van der Waals surface area (Å²) in [4.78, 5) is 4.77. The first-order chi connectivity index (χ1) is 12.2. The number of benzene rings is 2. The highest BCUT2D eigenvalue weighted by atomic mass is 16.3. The molecule has 0 amide bonds. The number of imidazole rings is 1. The molecule has 0 spiro atoms. The summed E-state index contributed by atoms with van der Waals surface area (Å²) >= 11 is 0. The van der Waals surface area contributed by atoms with E-state index in [1.54, 1.807) is 4.68 Å². The summed E-state index contributed by atoms with van der Waals surface area (Å²) in [5.74, 6) is 1.27. The smallest absolute Gasteiger partial charge is 0.146 e. The summed E-state index contributed by atoms with van der Waals surface area (Å²) < 4.78 is 3.66. The number of nitrogens with two attached hydrogens (primary N) is 1. The summed E-state index contributed by atoms with van der Waals surface area (Å²) in [7, 11) is 1.97. The fourth-order valence-electron chi connectivity index (χ4n) is 3.13. The van der Waals surface area contributed by atoms with E-state index in [-0.39, 0.29) is 6.61 Å². The van der Waals surface area contributed by atoms with E-state index in [0.29, 0.717) is 12.4 Å². The largest absolute Gasteiger partial charge is 0.394 e. The van der Waals surface area contributed by atoms with E-state index >= 15 is 0 Å². The number of aliphatic hydroxyl groups is 1.